The van der Waals surface area contributed by atoms with Crippen LogP contribution in [0.1, 0.15) is 47.1 Å². The van der Waals surface area contributed by atoms with Gasteiger partial charge in [0.1, 0.15) is 10.7 Å². The number of esters is 1. The second-order valence-corrected chi connectivity index (χ2v) is 10.4. The fourth-order valence-electron chi connectivity index (χ4n) is 3.30. The summed E-state index contributed by atoms with van der Waals surface area (Å²) in [6.07, 6.45) is 5.15. The van der Waals surface area contributed by atoms with E-state index in [1.807, 2.05) is 27.7 Å². The molecule has 1 aliphatic rings. The molecule has 0 spiro atoms. The van der Waals surface area contributed by atoms with Crippen LogP contribution in [0, 0.1) is 19.8 Å². The Morgan fingerprint density at radius 3 is 2.68 bits per heavy atom. The van der Waals surface area contributed by atoms with E-state index in [1.54, 1.807) is 42.0 Å². The van der Waals surface area contributed by atoms with Gasteiger partial charge in [0.2, 0.25) is 5.91 Å². The van der Waals surface area contributed by atoms with Gasteiger partial charge in [-0.1, -0.05) is 25.6 Å². The molecule has 2 aromatic rings. The van der Waals surface area contributed by atoms with E-state index in [0.29, 0.717) is 28.0 Å². The van der Waals surface area contributed by atoms with Gasteiger partial charge in [0, 0.05) is 30.2 Å². The van der Waals surface area contributed by atoms with E-state index in [0.717, 1.165) is 16.0 Å². The van der Waals surface area contributed by atoms with Crippen molar-refractivity contribution in [3.63, 3.8) is 0 Å². The third-order valence-electron chi connectivity index (χ3n) is 4.94. The van der Waals surface area contributed by atoms with Gasteiger partial charge < -0.3 is 10.1 Å². The zero-order valence-corrected chi connectivity index (χ0v) is 21.8. The van der Waals surface area contributed by atoms with Gasteiger partial charge >= 0.3 is 5.97 Å². The second-order valence-electron chi connectivity index (χ2n) is 8.23. The van der Waals surface area contributed by atoms with Crippen molar-refractivity contribution in [2.75, 3.05) is 24.2 Å². The Hall–Kier alpha value is -2.92. The number of amidine groups is 1. The fraction of sp³-hybridized carbons (Fsp3) is 0.435. The number of thiophene rings is 1. The lowest BCUT2D eigenvalue weighted by Gasteiger charge is -2.19. The molecule has 0 unspecified atom stereocenters. The number of hydrogen-bond donors (Lipinski definition) is 1. The third-order valence-corrected chi connectivity index (χ3v) is 7.04. The molecule has 182 valence electrons. The van der Waals surface area contributed by atoms with Crippen LogP contribution in [0.5, 0.6) is 0 Å². The smallest absolute Gasteiger partial charge is 0.341 e. The Labute approximate surface area is 207 Å². The molecule has 3 rings (SSSR count). The lowest BCUT2D eigenvalue weighted by molar-refractivity contribution is -0.123. The quantitative estimate of drug-likeness (QED) is 0.433. The average molecular weight is 504 g/mol. The van der Waals surface area contributed by atoms with Crippen molar-refractivity contribution in [2.45, 2.75) is 34.6 Å². The van der Waals surface area contributed by atoms with Crippen LogP contribution >= 0.6 is 23.1 Å². The van der Waals surface area contributed by atoms with Crippen molar-refractivity contribution in [2.24, 2.45) is 18.0 Å². The first-order valence-electron chi connectivity index (χ1n) is 10.9. The summed E-state index contributed by atoms with van der Waals surface area (Å²) < 4.78 is 6.80. The van der Waals surface area contributed by atoms with Crippen molar-refractivity contribution < 1.29 is 19.1 Å². The number of rotatable bonds is 8. The highest BCUT2D eigenvalue weighted by molar-refractivity contribution is 8.14. The Bertz CT molecular complexity index is 1160. The number of nitrogens with one attached hydrogen (secondary N) is 1. The monoisotopic (exact) mass is 503 g/mol. The molecule has 0 aliphatic carbocycles. The summed E-state index contributed by atoms with van der Waals surface area (Å²) in [6.45, 7) is 10.3. The van der Waals surface area contributed by atoms with E-state index in [-0.39, 0.29) is 30.1 Å². The minimum Gasteiger partial charge on any atom is -0.462 e. The molecule has 0 fully saturated rings. The van der Waals surface area contributed by atoms with E-state index in [1.165, 1.54) is 23.1 Å². The first-order chi connectivity index (χ1) is 16.1. The molecule has 34 heavy (non-hydrogen) atoms. The van der Waals surface area contributed by atoms with E-state index in [9.17, 15) is 14.4 Å². The summed E-state index contributed by atoms with van der Waals surface area (Å²) in [4.78, 5) is 45.1. The predicted octanol–water partition coefficient (Wildman–Crippen LogP) is 3.84. The number of amides is 2. The van der Waals surface area contributed by atoms with Crippen LogP contribution < -0.4 is 5.32 Å². The number of ether oxygens (including phenoxy) is 1. The Morgan fingerprint density at radius 2 is 2.06 bits per heavy atom. The fourth-order valence-corrected chi connectivity index (χ4v) is 5.17. The van der Waals surface area contributed by atoms with E-state index < -0.39 is 5.97 Å². The van der Waals surface area contributed by atoms with Crippen LogP contribution in [0.25, 0.3) is 6.08 Å². The Kier molecular flexibility index (Phi) is 8.32. The highest BCUT2D eigenvalue weighted by Crippen LogP contribution is 2.33. The number of carbonyl (C=O) groups excluding carboxylic acids is 3. The standard InChI is InChI=1S/C23H29N5O4S2/c1-7-32-22(31)19-14(4)15(5)34-20(19)26-18(29)12-33-23-25-17(8-16-9-24-27(6)11-16)21(30)28(23)10-13(2)3/h8-9,11,13H,7,10,12H2,1-6H3,(H,26,29). The number of hydrogen-bond acceptors (Lipinski definition) is 8. The molecule has 0 radical (unpaired) electrons. The number of carbonyl (C=O) groups is 3. The van der Waals surface area contributed by atoms with Crippen LogP contribution in [0.3, 0.4) is 0 Å². The van der Waals surface area contributed by atoms with Gasteiger partial charge in [0.25, 0.3) is 5.91 Å². The van der Waals surface area contributed by atoms with E-state index >= 15 is 0 Å². The zero-order valence-electron chi connectivity index (χ0n) is 20.2. The van der Waals surface area contributed by atoms with Gasteiger partial charge in [-0.2, -0.15) is 5.10 Å². The lowest BCUT2D eigenvalue weighted by atomic mass is 10.1. The Balaban J connectivity index is 1.75. The molecule has 2 amide bonds. The largest absolute Gasteiger partial charge is 0.462 e. The molecule has 0 saturated carbocycles. The molecule has 3 heterocycles. The summed E-state index contributed by atoms with van der Waals surface area (Å²) in [7, 11) is 1.80. The van der Waals surface area contributed by atoms with Crippen molar-refractivity contribution in [1.29, 1.82) is 0 Å². The molecule has 11 heteroatoms. The summed E-state index contributed by atoms with van der Waals surface area (Å²) in [6, 6.07) is 0. The molecule has 1 N–H and O–H groups in total. The molecule has 2 aromatic heterocycles. The van der Waals surface area contributed by atoms with Gasteiger partial charge in [-0.05, 0) is 38.3 Å². The summed E-state index contributed by atoms with van der Waals surface area (Å²) >= 11 is 2.53. The van der Waals surface area contributed by atoms with Gasteiger partial charge in [-0.15, -0.1) is 11.3 Å². The SMILES string of the molecule is CCOC(=O)c1c(NC(=O)CSC2=NC(=Cc3cnn(C)c3)C(=O)N2CC(C)C)sc(C)c1C. The van der Waals surface area contributed by atoms with Crippen molar-refractivity contribution in [3.8, 4) is 0 Å². The Morgan fingerprint density at radius 1 is 1.32 bits per heavy atom. The van der Waals surface area contributed by atoms with Gasteiger partial charge in [-0.25, -0.2) is 9.79 Å². The number of aryl methyl sites for hydroxylation is 2. The van der Waals surface area contributed by atoms with Crippen LogP contribution in [-0.2, 0) is 21.4 Å². The first-order valence-corrected chi connectivity index (χ1v) is 12.7. The lowest BCUT2D eigenvalue weighted by Crippen LogP contribution is -2.34. The van der Waals surface area contributed by atoms with E-state index in [2.05, 4.69) is 15.4 Å². The van der Waals surface area contributed by atoms with Crippen LogP contribution in [-0.4, -0.2) is 56.5 Å². The number of thioether (sulfide) groups is 1. The maximum absolute atomic E-state index is 13.0. The second kappa shape index (κ2) is 11.0. The van der Waals surface area contributed by atoms with Gasteiger partial charge in [-0.3, -0.25) is 19.2 Å². The number of aliphatic imine (C=N–C) groups is 1. The van der Waals surface area contributed by atoms with E-state index in [4.69, 9.17) is 4.74 Å². The average Bonchev–Trinajstić information content (AvgIpc) is 3.38. The number of aromatic nitrogens is 2. The number of anilines is 1. The van der Waals surface area contributed by atoms with Crippen molar-refractivity contribution in [1.82, 2.24) is 14.7 Å². The van der Waals surface area contributed by atoms with Gasteiger partial charge in [0.15, 0.2) is 5.17 Å². The molecular weight excluding hydrogens is 474 g/mol. The molecule has 9 nitrogen and oxygen atoms in total. The van der Waals surface area contributed by atoms with Crippen LogP contribution in [0.4, 0.5) is 5.00 Å². The molecule has 0 aromatic carbocycles. The summed E-state index contributed by atoms with van der Waals surface area (Å²) in [5, 5.41) is 7.90. The van der Waals surface area contributed by atoms with Crippen molar-refractivity contribution >= 4 is 57.1 Å². The topological polar surface area (TPSA) is 106 Å². The normalized spacial score (nSPS) is 14.8. The minimum absolute atomic E-state index is 0.0408. The molecule has 0 saturated heterocycles. The van der Waals surface area contributed by atoms with Crippen LogP contribution in [0.2, 0.25) is 0 Å². The zero-order chi connectivity index (χ0) is 25.0. The number of nitrogens with zero attached hydrogens (tertiary/aromatic N) is 4. The van der Waals surface area contributed by atoms with Gasteiger partial charge in [0.05, 0.1) is 24.1 Å². The summed E-state index contributed by atoms with van der Waals surface area (Å²) in [5.74, 6) is -0.674. The summed E-state index contributed by atoms with van der Waals surface area (Å²) in [5.41, 5.74) is 2.27. The third kappa shape index (κ3) is 5.95. The first kappa shape index (κ1) is 25.7. The molecular formula is C23H29N5O4S2. The highest BCUT2D eigenvalue weighted by Gasteiger charge is 2.31. The maximum Gasteiger partial charge on any atom is 0.341 e. The molecule has 0 atom stereocenters. The predicted molar refractivity (Wildman–Crippen MR) is 136 cm³/mol. The van der Waals surface area contributed by atoms with Crippen LogP contribution in [0.15, 0.2) is 23.1 Å². The van der Waals surface area contributed by atoms with Crippen molar-refractivity contribution in [3.05, 3.63) is 39.7 Å². The minimum atomic E-state index is -0.452. The molecule has 1 aliphatic heterocycles. The maximum atomic E-state index is 13.0. The highest BCUT2D eigenvalue weighted by atomic mass is 32.2. The molecule has 0 bridgehead atoms.